The number of ether oxygens (including phenoxy) is 2. The number of pyridine rings is 2. The van der Waals surface area contributed by atoms with Crippen LogP contribution < -0.4 is 15.0 Å². The van der Waals surface area contributed by atoms with Crippen molar-refractivity contribution in [3.63, 3.8) is 0 Å². The normalized spacial score (nSPS) is 13.4. The van der Waals surface area contributed by atoms with Crippen molar-refractivity contribution in [1.82, 2.24) is 14.5 Å². The SMILES string of the molecule is CCOc1ccc2cc(C3=CN(CC(C)C)C(=C=O)C=C3)c(=O)n(-c3ccc(OC(F)F)cc3)c2n1. The molecule has 0 amide bonds. The van der Waals surface area contributed by atoms with Crippen LogP contribution in [0.4, 0.5) is 8.78 Å². The average Bonchev–Trinajstić information content (AvgIpc) is 2.84. The summed E-state index contributed by atoms with van der Waals surface area (Å²) in [6.45, 7) is 3.90. The zero-order valence-electron chi connectivity index (χ0n) is 20.1. The van der Waals surface area contributed by atoms with E-state index >= 15 is 0 Å². The first-order chi connectivity index (χ1) is 17.3. The Bertz CT molecular complexity index is 1440. The summed E-state index contributed by atoms with van der Waals surface area (Å²) in [7, 11) is 0. The minimum absolute atomic E-state index is 0.0272. The number of nitrogens with zero attached hydrogens (tertiary/aromatic N) is 3. The highest BCUT2D eigenvalue weighted by Gasteiger charge is 2.20. The van der Waals surface area contributed by atoms with Crippen LogP contribution in [0.25, 0.3) is 22.3 Å². The van der Waals surface area contributed by atoms with Crippen molar-refractivity contribution in [2.75, 3.05) is 13.2 Å². The van der Waals surface area contributed by atoms with Gasteiger partial charge in [0.25, 0.3) is 5.56 Å². The van der Waals surface area contributed by atoms with E-state index in [1.165, 1.54) is 28.8 Å². The number of hydrogen-bond donors (Lipinski definition) is 0. The lowest BCUT2D eigenvalue weighted by Gasteiger charge is -2.25. The van der Waals surface area contributed by atoms with Gasteiger partial charge >= 0.3 is 6.61 Å². The highest BCUT2D eigenvalue weighted by molar-refractivity contribution is 5.85. The molecule has 0 atom stereocenters. The molecule has 0 saturated carbocycles. The summed E-state index contributed by atoms with van der Waals surface area (Å²) in [5, 5.41) is 0.669. The quantitative estimate of drug-likeness (QED) is 0.413. The minimum atomic E-state index is -2.96. The molecule has 3 aromatic rings. The number of halogens is 2. The zero-order valence-corrected chi connectivity index (χ0v) is 20.1. The van der Waals surface area contributed by atoms with Gasteiger partial charge in [-0.25, -0.2) is 4.79 Å². The van der Waals surface area contributed by atoms with E-state index in [4.69, 9.17) is 4.74 Å². The summed E-state index contributed by atoms with van der Waals surface area (Å²) in [6, 6.07) is 11.0. The van der Waals surface area contributed by atoms with Crippen LogP contribution >= 0.6 is 0 Å². The highest BCUT2D eigenvalue weighted by Crippen LogP contribution is 2.27. The van der Waals surface area contributed by atoms with Crippen molar-refractivity contribution in [3.05, 3.63) is 82.4 Å². The first-order valence-electron chi connectivity index (χ1n) is 11.5. The van der Waals surface area contributed by atoms with Crippen LogP contribution in [0.5, 0.6) is 11.6 Å². The predicted molar refractivity (Wildman–Crippen MR) is 133 cm³/mol. The van der Waals surface area contributed by atoms with E-state index in [0.717, 1.165) is 0 Å². The standard InChI is InChI=1S/C27H25F2N3O4/c1-4-35-24-12-6-18-13-23(19-5-7-21(16-33)31(15-19)14-17(2)3)26(34)32(25(18)30-24)20-8-10-22(11-9-20)36-27(28)29/h5-13,15,17,27H,4,14H2,1-3H3. The van der Waals surface area contributed by atoms with E-state index in [1.54, 1.807) is 41.5 Å². The molecular formula is C27H25F2N3O4. The second kappa shape index (κ2) is 10.6. The van der Waals surface area contributed by atoms with Crippen LogP contribution in [0, 0.1) is 5.92 Å². The Hall–Kier alpha value is -4.23. The zero-order chi connectivity index (χ0) is 25.8. The molecule has 4 rings (SSSR count). The second-order valence-corrected chi connectivity index (χ2v) is 8.52. The monoisotopic (exact) mass is 493 g/mol. The number of rotatable bonds is 8. The van der Waals surface area contributed by atoms with Gasteiger partial charge in [0.15, 0.2) is 11.6 Å². The van der Waals surface area contributed by atoms with Gasteiger partial charge in [-0.1, -0.05) is 13.8 Å². The number of allylic oxidation sites excluding steroid dienone is 3. The molecule has 1 aliphatic heterocycles. The van der Waals surface area contributed by atoms with Gasteiger partial charge in [0.1, 0.15) is 11.4 Å². The molecule has 7 nitrogen and oxygen atoms in total. The van der Waals surface area contributed by atoms with E-state index in [9.17, 15) is 18.4 Å². The Labute approximate surface area is 206 Å². The molecular weight excluding hydrogens is 468 g/mol. The van der Waals surface area contributed by atoms with Crippen LogP contribution in [0.1, 0.15) is 26.3 Å². The van der Waals surface area contributed by atoms with Gasteiger partial charge in [-0.15, -0.1) is 0 Å². The summed E-state index contributed by atoms with van der Waals surface area (Å²) < 4.78 is 36.6. The first kappa shape index (κ1) is 24.9. The Morgan fingerprint density at radius 3 is 2.47 bits per heavy atom. The third-order valence-corrected chi connectivity index (χ3v) is 5.44. The summed E-state index contributed by atoms with van der Waals surface area (Å²) in [5.74, 6) is 2.53. The van der Waals surface area contributed by atoms with Gasteiger partial charge in [-0.3, -0.25) is 9.36 Å². The van der Waals surface area contributed by atoms with Crippen molar-refractivity contribution in [3.8, 4) is 17.3 Å². The molecule has 0 spiro atoms. The largest absolute Gasteiger partial charge is 0.478 e. The van der Waals surface area contributed by atoms with E-state index in [-0.39, 0.29) is 17.2 Å². The third-order valence-electron chi connectivity index (χ3n) is 5.44. The molecule has 1 aliphatic rings. The molecule has 0 unspecified atom stereocenters. The summed E-state index contributed by atoms with van der Waals surface area (Å²) in [5.41, 5.74) is 1.78. The maximum atomic E-state index is 13.8. The summed E-state index contributed by atoms with van der Waals surface area (Å²) in [6.07, 6.45) is 5.09. The second-order valence-electron chi connectivity index (χ2n) is 8.52. The molecule has 186 valence electrons. The van der Waals surface area contributed by atoms with Crippen molar-refractivity contribution in [2.45, 2.75) is 27.4 Å². The highest BCUT2D eigenvalue weighted by atomic mass is 19.3. The number of benzene rings is 1. The van der Waals surface area contributed by atoms with Crippen LogP contribution in [0.15, 0.2) is 71.3 Å². The molecule has 0 fully saturated rings. The van der Waals surface area contributed by atoms with Crippen LogP contribution in [0.3, 0.4) is 0 Å². The van der Waals surface area contributed by atoms with Gasteiger partial charge in [0.2, 0.25) is 5.88 Å². The molecule has 1 aromatic carbocycles. The fourth-order valence-corrected chi connectivity index (χ4v) is 3.96. The first-order valence-corrected chi connectivity index (χ1v) is 11.5. The number of fused-ring (bicyclic) bond motifs is 1. The van der Waals surface area contributed by atoms with Gasteiger partial charge < -0.3 is 14.4 Å². The summed E-state index contributed by atoms with van der Waals surface area (Å²) >= 11 is 0. The minimum Gasteiger partial charge on any atom is -0.478 e. The van der Waals surface area contributed by atoms with E-state index in [1.807, 2.05) is 26.7 Å². The van der Waals surface area contributed by atoms with Crippen molar-refractivity contribution in [1.29, 1.82) is 0 Å². The Morgan fingerprint density at radius 1 is 1.08 bits per heavy atom. The van der Waals surface area contributed by atoms with Gasteiger partial charge in [0, 0.05) is 35.3 Å². The number of alkyl halides is 2. The summed E-state index contributed by atoms with van der Waals surface area (Å²) in [4.78, 5) is 31.6. The van der Waals surface area contributed by atoms with Gasteiger partial charge in [-0.2, -0.15) is 13.8 Å². The smallest absolute Gasteiger partial charge is 0.387 e. The average molecular weight is 494 g/mol. The van der Waals surface area contributed by atoms with Crippen molar-refractivity contribution in [2.24, 2.45) is 5.92 Å². The fraction of sp³-hybridized carbons (Fsp3) is 0.259. The lowest BCUT2D eigenvalue weighted by molar-refractivity contribution is -0.0498. The maximum absolute atomic E-state index is 13.8. The number of aromatic nitrogens is 2. The topological polar surface area (TPSA) is 73.7 Å². The maximum Gasteiger partial charge on any atom is 0.387 e. The third kappa shape index (κ3) is 5.21. The lowest BCUT2D eigenvalue weighted by Crippen LogP contribution is -2.26. The van der Waals surface area contributed by atoms with E-state index in [2.05, 4.69) is 9.72 Å². The van der Waals surface area contributed by atoms with Crippen LogP contribution in [0.2, 0.25) is 0 Å². The molecule has 0 bridgehead atoms. The molecule has 0 N–H and O–H groups in total. The lowest BCUT2D eigenvalue weighted by atomic mass is 10.0. The molecule has 0 saturated heterocycles. The molecule has 3 heterocycles. The molecule has 0 aliphatic carbocycles. The van der Waals surface area contributed by atoms with Gasteiger partial charge in [-0.05, 0) is 61.4 Å². The number of hydrogen-bond acceptors (Lipinski definition) is 6. The van der Waals surface area contributed by atoms with Gasteiger partial charge in [0.05, 0.1) is 12.3 Å². The van der Waals surface area contributed by atoms with E-state index in [0.29, 0.717) is 52.6 Å². The molecule has 36 heavy (non-hydrogen) atoms. The molecule has 0 radical (unpaired) electrons. The molecule has 2 aromatic heterocycles. The van der Waals surface area contributed by atoms with Crippen LogP contribution in [-0.4, -0.2) is 40.2 Å². The Morgan fingerprint density at radius 2 is 1.83 bits per heavy atom. The van der Waals surface area contributed by atoms with Crippen molar-refractivity contribution < 1.29 is 23.0 Å². The predicted octanol–water partition coefficient (Wildman–Crippen LogP) is 4.97. The Balaban J connectivity index is 1.92. The van der Waals surface area contributed by atoms with E-state index < -0.39 is 6.61 Å². The van der Waals surface area contributed by atoms with Crippen LogP contribution in [-0.2, 0) is 4.79 Å². The van der Waals surface area contributed by atoms with Crippen molar-refractivity contribution >= 4 is 22.5 Å². The fourth-order valence-electron chi connectivity index (χ4n) is 3.96. The Kier molecular flexibility index (Phi) is 7.31. The molecule has 9 heteroatoms. The number of carbonyl (C=O) groups excluding carboxylic acids is 1.